The van der Waals surface area contributed by atoms with Gasteiger partial charge in [0.2, 0.25) is 0 Å². The van der Waals surface area contributed by atoms with Crippen LogP contribution in [-0.4, -0.2) is 28.8 Å². The second kappa shape index (κ2) is 8.26. The van der Waals surface area contributed by atoms with Crippen LogP contribution in [0.25, 0.3) is 11.0 Å². The van der Waals surface area contributed by atoms with E-state index in [4.69, 9.17) is 7.80 Å². The zero-order chi connectivity index (χ0) is 23.2. The van der Waals surface area contributed by atoms with Crippen LogP contribution in [-0.2, 0) is 10.0 Å². The topological polar surface area (TPSA) is 110 Å². The van der Waals surface area contributed by atoms with Crippen LogP contribution < -0.4 is 34.1 Å². The molecule has 0 bridgehead atoms. The number of fused-ring (bicyclic) bond motifs is 2. The fourth-order valence-corrected chi connectivity index (χ4v) is 5.66. The Bertz CT molecular complexity index is 1520. The number of sulfonamides is 1. The summed E-state index contributed by atoms with van der Waals surface area (Å²) in [6, 6.07) is 8.89. The molecular formula is C21H13F2IN3O5S-. The molecule has 2 aromatic heterocycles. The van der Waals surface area contributed by atoms with Gasteiger partial charge in [-0.25, -0.2) is 4.98 Å². The summed E-state index contributed by atoms with van der Waals surface area (Å²) in [4.78, 5) is 19.6. The number of hydrogen-bond acceptors (Lipinski definition) is 6. The maximum atomic E-state index is 15.2. The number of rotatable bonds is 5. The third-order valence-corrected chi connectivity index (χ3v) is 7.59. The normalized spacial score (nSPS) is 13.4. The Morgan fingerprint density at radius 3 is 2.85 bits per heavy atom. The molecule has 12 heteroatoms. The Kier molecular flexibility index (Phi) is 5.40. The van der Waals surface area contributed by atoms with Crippen molar-refractivity contribution in [2.24, 2.45) is 0 Å². The second-order valence-electron chi connectivity index (χ2n) is 6.87. The predicted molar refractivity (Wildman–Crippen MR) is 109 cm³/mol. The molecule has 1 aliphatic heterocycles. The SMILES string of the molecule is O=C(c1c(F)ccc(NS(=O)(=O)c2ccc3c(c2)O[I-]CO3)c1F)c1c[nH]c2ncccc12. The van der Waals surface area contributed by atoms with Crippen LogP contribution in [0.2, 0.25) is 0 Å². The zero-order valence-electron chi connectivity index (χ0n) is 16.4. The van der Waals surface area contributed by atoms with E-state index < -0.39 is 60.3 Å². The van der Waals surface area contributed by atoms with Crippen molar-refractivity contribution in [2.45, 2.75) is 4.90 Å². The number of pyridine rings is 1. The second-order valence-corrected chi connectivity index (χ2v) is 10.2. The summed E-state index contributed by atoms with van der Waals surface area (Å²) in [6.07, 6.45) is 2.80. The number of ketones is 1. The van der Waals surface area contributed by atoms with Gasteiger partial charge in [0.05, 0.1) is 0 Å². The fourth-order valence-electron chi connectivity index (χ4n) is 3.32. The van der Waals surface area contributed by atoms with Crippen LogP contribution in [0, 0.1) is 11.6 Å². The van der Waals surface area contributed by atoms with Crippen LogP contribution in [0.5, 0.6) is 11.5 Å². The minimum absolute atomic E-state index is 0.00560. The van der Waals surface area contributed by atoms with Crippen molar-refractivity contribution in [1.82, 2.24) is 9.97 Å². The minimum atomic E-state index is -4.28. The Morgan fingerprint density at radius 2 is 2.00 bits per heavy atom. The number of H-pyrrole nitrogens is 1. The van der Waals surface area contributed by atoms with Crippen LogP contribution >= 0.6 is 0 Å². The van der Waals surface area contributed by atoms with Gasteiger partial charge in [0.15, 0.2) is 0 Å². The first-order chi connectivity index (χ1) is 15.8. The Labute approximate surface area is 196 Å². The zero-order valence-corrected chi connectivity index (χ0v) is 19.4. The summed E-state index contributed by atoms with van der Waals surface area (Å²) < 4.78 is 68.9. The van der Waals surface area contributed by atoms with Crippen LogP contribution in [0.4, 0.5) is 14.5 Å². The molecular weight excluding hydrogens is 571 g/mol. The fraction of sp³-hybridized carbons (Fsp3) is 0.0476. The molecule has 5 rings (SSSR count). The van der Waals surface area contributed by atoms with Crippen LogP contribution in [0.3, 0.4) is 0 Å². The number of halogens is 3. The van der Waals surface area contributed by atoms with Crippen LogP contribution in [0.15, 0.2) is 59.8 Å². The van der Waals surface area contributed by atoms with E-state index in [1.807, 2.05) is 0 Å². The number of alkyl halides is 1. The molecule has 8 nitrogen and oxygen atoms in total. The number of benzene rings is 2. The average molecular weight is 584 g/mol. The number of nitrogens with one attached hydrogen (secondary N) is 2. The van der Waals surface area contributed by atoms with Gasteiger partial charge in [-0.2, -0.15) is 0 Å². The molecule has 3 heterocycles. The van der Waals surface area contributed by atoms with E-state index in [-0.39, 0.29) is 16.2 Å². The number of nitrogens with zero attached hydrogens (tertiary/aromatic N) is 1. The number of aromatic amines is 1. The number of ether oxygens (including phenoxy) is 1. The average Bonchev–Trinajstić information content (AvgIpc) is 3.25. The smallest absolute Gasteiger partial charge is 0.345 e. The number of aromatic nitrogens is 2. The van der Waals surface area contributed by atoms with Gasteiger partial charge in [-0.15, -0.1) is 0 Å². The van der Waals surface area contributed by atoms with Crippen molar-refractivity contribution in [3.05, 3.63) is 77.6 Å². The molecule has 0 radical (unpaired) electrons. The Balaban J connectivity index is 1.51. The quantitative estimate of drug-likeness (QED) is 0.202. The molecule has 4 aromatic rings. The van der Waals surface area contributed by atoms with Gasteiger partial charge in [-0.3, -0.25) is 0 Å². The minimum Gasteiger partial charge on any atom is -0.345 e. The molecule has 0 fully saturated rings. The molecule has 0 spiro atoms. The third-order valence-electron chi connectivity index (χ3n) is 4.88. The first-order valence-electron chi connectivity index (χ1n) is 9.36. The van der Waals surface area contributed by atoms with E-state index in [0.29, 0.717) is 21.4 Å². The summed E-state index contributed by atoms with van der Waals surface area (Å²) in [7, 11) is -4.28. The van der Waals surface area contributed by atoms with E-state index in [1.165, 1.54) is 30.6 Å². The van der Waals surface area contributed by atoms with Crippen molar-refractivity contribution in [3.63, 3.8) is 0 Å². The molecule has 0 unspecified atom stereocenters. The Morgan fingerprint density at radius 1 is 1.15 bits per heavy atom. The summed E-state index contributed by atoms with van der Waals surface area (Å²) in [5, 5.41) is 0.381. The van der Waals surface area contributed by atoms with Gasteiger partial charge in [0.25, 0.3) is 0 Å². The van der Waals surface area contributed by atoms with E-state index in [2.05, 4.69) is 14.7 Å². The van der Waals surface area contributed by atoms with E-state index in [9.17, 15) is 17.6 Å². The number of carbonyl (C=O) groups is 1. The first-order valence-corrected chi connectivity index (χ1v) is 13.2. The third kappa shape index (κ3) is 3.88. The van der Waals surface area contributed by atoms with Gasteiger partial charge in [-0.1, -0.05) is 0 Å². The summed E-state index contributed by atoms with van der Waals surface area (Å²) >= 11 is -0.709. The summed E-state index contributed by atoms with van der Waals surface area (Å²) in [5.74, 6) is -2.71. The monoisotopic (exact) mass is 584 g/mol. The molecule has 0 saturated carbocycles. The van der Waals surface area contributed by atoms with Crippen molar-refractivity contribution in [3.8, 4) is 11.5 Å². The predicted octanol–water partition coefficient (Wildman–Crippen LogP) is 0.606. The molecule has 170 valence electrons. The maximum absolute atomic E-state index is 15.2. The molecule has 2 aromatic carbocycles. The molecule has 33 heavy (non-hydrogen) atoms. The molecule has 0 aliphatic carbocycles. The molecule has 0 saturated heterocycles. The summed E-state index contributed by atoms with van der Waals surface area (Å²) in [5.41, 5.74) is -1.07. The van der Waals surface area contributed by atoms with Crippen molar-refractivity contribution >= 4 is 32.5 Å². The molecule has 1 aliphatic rings. The van der Waals surface area contributed by atoms with Gasteiger partial charge in [0.1, 0.15) is 5.65 Å². The van der Waals surface area contributed by atoms with Gasteiger partial charge >= 0.3 is 163 Å². The van der Waals surface area contributed by atoms with Crippen molar-refractivity contribution in [1.29, 1.82) is 0 Å². The molecule has 2 N–H and O–H groups in total. The number of hydrogen-bond donors (Lipinski definition) is 2. The standard InChI is InChI=1S/C21H13F2IN3O5S/c22-14-4-5-15(27-33(29,30)11-3-6-16-17(8-11)32-24-10-31-16)19(23)18(14)20(28)13-9-26-21-12(13)2-1-7-25-21/h1-9,27H,10H2,(H,25,26)/q-1. The van der Waals surface area contributed by atoms with E-state index in [1.54, 1.807) is 12.1 Å². The van der Waals surface area contributed by atoms with E-state index >= 15 is 4.39 Å². The number of anilines is 1. The molecule has 0 atom stereocenters. The summed E-state index contributed by atoms with van der Waals surface area (Å²) in [6.45, 7) is 0. The van der Waals surface area contributed by atoms with Crippen LogP contribution in [0.1, 0.15) is 15.9 Å². The van der Waals surface area contributed by atoms with Crippen molar-refractivity contribution < 1.29 is 51.4 Å². The molecule has 0 amide bonds. The van der Waals surface area contributed by atoms with Gasteiger partial charge < -0.3 is 4.98 Å². The number of carbonyl (C=O) groups excluding carboxylic acids is 1. The van der Waals surface area contributed by atoms with E-state index in [0.717, 1.165) is 12.1 Å². The first kappa shape index (κ1) is 21.6. The van der Waals surface area contributed by atoms with Gasteiger partial charge in [0, 0.05) is 6.20 Å². The van der Waals surface area contributed by atoms with Gasteiger partial charge in [-0.05, 0) is 12.1 Å². The van der Waals surface area contributed by atoms with Crippen molar-refractivity contribution in [2.75, 3.05) is 9.34 Å². The Hall–Kier alpha value is -3.26.